The molecule has 3 nitrogen and oxygen atoms in total. The van der Waals surface area contributed by atoms with Gasteiger partial charge in [0.25, 0.3) is 5.91 Å². The molecule has 1 atom stereocenters. The maximum Gasteiger partial charge on any atom is 0.275 e. The number of hydrogen-bond acceptors (Lipinski definition) is 2. The van der Waals surface area contributed by atoms with Gasteiger partial charge in [0.2, 0.25) is 0 Å². The molecule has 0 radical (unpaired) electrons. The summed E-state index contributed by atoms with van der Waals surface area (Å²) < 4.78 is 0. The first-order valence-corrected chi connectivity index (χ1v) is 9.76. The Hall–Kier alpha value is -2.43. The van der Waals surface area contributed by atoms with Gasteiger partial charge in [-0.1, -0.05) is 60.2 Å². The highest BCUT2D eigenvalue weighted by Gasteiger charge is 2.19. The second kappa shape index (κ2) is 8.79. The summed E-state index contributed by atoms with van der Waals surface area (Å²) in [6, 6.07) is 21.1. The lowest BCUT2D eigenvalue weighted by molar-refractivity contribution is -0.676. The van der Waals surface area contributed by atoms with Crippen molar-refractivity contribution in [1.82, 2.24) is 5.32 Å². The predicted molar refractivity (Wildman–Crippen MR) is 107 cm³/mol. The highest BCUT2D eigenvalue weighted by Crippen LogP contribution is 2.22. The van der Waals surface area contributed by atoms with Crippen molar-refractivity contribution < 1.29 is 10.1 Å². The van der Waals surface area contributed by atoms with Crippen LogP contribution in [0.4, 0.5) is 0 Å². The molecule has 0 fully saturated rings. The van der Waals surface area contributed by atoms with Crippen LogP contribution < -0.4 is 10.6 Å². The zero-order valence-corrected chi connectivity index (χ0v) is 16.1. The number of thiophene rings is 1. The van der Waals surface area contributed by atoms with Crippen LogP contribution in [0.2, 0.25) is 0 Å². The number of nitrogens with one attached hydrogen (secondary N) is 1. The van der Waals surface area contributed by atoms with E-state index in [1.807, 2.05) is 12.1 Å². The summed E-state index contributed by atoms with van der Waals surface area (Å²) in [5.41, 5.74) is 4.83. The van der Waals surface area contributed by atoms with Crippen molar-refractivity contribution in [2.45, 2.75) is 26.4 Å². The molecule has 134 valence electrons. The van der Waals surface area contributed by atoms with E-state index in [0.717, 1.165) is 5.56 Å². The minimum absolute atomic E-state index is 0.0573. The molecule has 0 aliphatic heterocycles. The summed E-state index contributed by atoms with van der Waals surface area (Å²) in [6.45, 7) is 5.14. The summed E-state index contributed by atoms with van der Waals surface area (Å²) in [7, 11) is 0. The average molecular weight is 366 g/mol. The van der Waals surface area contributed by atoms with Gasteiger partial charge in [-0.2, -0.15) is 0 Å². The lowest BCUT2D eigenvalue weighted by Crippen LogP contribution is -2.87. The zero-order valence-electron chi connectivity index (χ0n) is 15.2. The molecule has 0 unspecified atom stereocenters. The van der Waals surface area contributed by atoms with Crippen molar-refractivity contribution >= 4 is 17.2 Å². The number of benzene rings is 2. The van der Waals surface area contributed by atoms with E-state index < -0.39 is 0 Å². The first-order chi connectivity index (χ1) is 12.6. The Morgan fingerprint density at radius 2 is 1.81 bits per heavy atom. The Labute approximate surface area is 159 Å². The zero-order chi connectivity index (χ0) is 18.4. The van der Waals surface area contributed by atoms with E-state index in [1.165, 1.54) is 21.6 Å². The maximum absolute atomic E-state index is 12.3. The predicted octanol–water partition coefficient (Wildman–Crippen LogP) is 3.33. The second-order valence-electron chi connectivity index (χ2n) is 6.55. The molecule has 0 saturated heterocycles. The fraction of sp³-hybridized carbons (Fsp3) is 0.227. The normalized spacial score (nSPS) is 11.9. The number of hydrogen-bond donors (Lipinski definition) is 2. The average Bonchev–Trinajstić information content (AvgIpc) is 3.17. The Morgan fingerprint density at radius 1 is 1.04 bits per heavy atom. The van der Waals surface area contributed by atoms with Gasteiger partial charge in [-0.15, -0.1) is 11.3 Å². The maximum atomic E-state index is 12.3. The molecule has 3 rings (SSSR count). The molecule has 26 heavy (non-hydrogen) atoms. The third kappa shape index (κ3) is 4.81. The standard InChI is InChI=1S/C22H24N2OS/c1-16-9-11-18(12-10-16)22(20-8-5-13-26-20)24-15-21(25)23-14-19-7-4-3-6-17(19)2/h3-13,22,24H,14-15H2,1-2H3,(H,23,25)/p+1/t22-/m1/s1. The highest BCUT2D eigenvalue weighted by atomic mass is 32.1. The van der Waals surface area contributed by atoms with Crippen molar-refractivity contribution in [1.29, 1.82) is 0 Å². The SMILES string of the molecule is Cc1ccc([C@@H]([NH2+]CC(=O)NCc2ccccc2C)c2cccs2)cc1. The summed E-state index contributed by atoms with van der Waals surface area (Å²) in [5.74, 6) is 0.0573. The lowest BCUT2D eigenvalue weighted by atomic mass is 10.0. The van der Waals surface area contributed by atoms with Gasteiger partial charge >= 0.3 is 0 Å². The van der Waals surface area contributed by atoms with Gasteiger partial charge in [-0.3, -0.25) is 4.79 Å². The third-order valence-corrected chi connectivity index (χ3v) is 5.52. The molecule has 4 heteroatoms. The smallest absolute Gasteiger partial charge is 0.275 e. The Bertz CT molecular complexity index is 841. The summed E-state index contributed by atoms with van der Waals surface area (Å²) in [5, 5.41) is 7.23. The third-order valence-electron chi connectivity index (χ3n) is 4.56. The van der Waals surface area contributed by atoms with Crippen LogP contribution in [-0.2, 0) is 11.3 Å². The van der Waals surface area contributed by atoms with Crippen molar-refractivity contribution in [3.05, 3.63) is 93.2 Å². The second-order valence-corrected chi connectivity index (χ2v) is 7.53. The van der Waals surface area contributed by atoms with Crippen LogP contribution >= 0.6 is 11.3 Å². The Morgan fingerprint density at radius 3 is 2.50 bits per heavy atom. The van der Waals surface area contributed by atoms with Crippen molar-refractivity contribution in [2.75, 3.05) is 6.54 Å². The molecular formula is C22H25N2OS+. The van der Waals surface area contributed by atoms with Crippen LogP contribution in [0.3, 0.4) is 0 Å². The van der Waals surface area contributed by atoms with Gasteiger partial charge in [0.15, 0.2) is 6.54 Å². The lowest BCUT2D eigenvalue weighted by Gasteiger charge is -2.15. The molecule has 0 aliphatic carbocycles. The largest absolute Gasteiger partial charge is 0.347 e. The van der Waals surface area contributed by atoms with E-state index in [2.05, 4.69) is 78.4 Å². The first-order valence-electron chi connectivity index (χ1n) is 8.88. The highest BCUT2D eigenvalue weighted by molar-refractivity contribution is 7.10. The monoisotopic (exact) mass is 365 g/mol. The molecule has 1 aromatic heterocycles. The molecule has 1 amide bonds. The fourth-order valence-corrected chi connectivity index (χ4v) is 3.81. The Balaban J connectivity index is 1.61. The number of quaternary nitrogens is 1. The van der Waals surface area contributed by atoms with Crippen LogP contribution in [-0.4, -0.2) is 12.5 Å². The van der Waals surface area contributed by atoms with Crippen molar-refractivity contribution in [3.63, 3.8) is 0 Å². The van der Waals surface area contributed by atoms with Gasteiger partial charge in [0.05, 0.1) is 4.88 Å². The molecular weight excluding hydrogens is 340 g/mol. The molecule has 0 spiro atoms. The molecule has 0 bridgehead atoms. The molecule has 1 heterocycles. The van der Waals surface area contributed by atoms with Crippen LogP contribution in [0.25, 0.3) is 0 Å². The van der Waals surface area contributed by atoms with Crippen LogP contribution in [0.1, 0.15) is 33.2 Å². The number of nitrogens with two attached hydrogens (primary N) is 1. The van der Waals surface area contributed by atoms with Gasteiger partial charge in [-0.25, -0.2) is 0 Å². The summed E-state index contributed by atoms with van der Waals surface area (Å²) in [6.07, 6.45) is 0. The molecule has 3 N–H and O–H groups in total. The van der Waals surface area contributed by atoms with Gasteiger partial charge in [0.1, 0.15) is 6.04 Å². The van der Waals surface area contributed by atoms with E-state index in [9.17, 15) is 4.79 Å². The topological polar surface area (TPSA) is 45.7 Å². The van der Waals surface area contributed by atoms with Gasteiger partial charge in [-0.05, 0) is 36.4 Å². The first kappa shape index (κ1) is 18.4. The minimum Gasteiger partial charge on any atom is -0.347 e. The van der Waals surface area contributed by atoms with Crippen molar-refractivity contribution in [3.8, 4) is 0 Å². The fourth-order valence-electron chi connectivity index (χ4n) is 2.96. The van der Waals surface area contributed by atoms with Crippen LogP contribution in [0.15, 0.2) is 66.0 Å². The summed E-state index contributed by atoms with van der Waals surface area (Å²) in [4.78, 5) is 13.6. The summed E-state index contributed by atoms with van der Waals surface area (Å²) >= 11 is 1.73. The molecule has 2 aromatic carbocycles. The van der Waals surface area contributed by atoms with Crippen LogP contribution in [0, 0.1) is 13.8 Å². The number of rotatable bonds is 7. The van der Waals surface area contributed by atoms with Crippen molar-refractivity contribution in [2.24, 2.45) is 0 Å². The quantitative estimate of drug-likeness (QED) is 0.663. The molecule has 3 aromatic rings. The number of carbonyl (C=O) groups excluding carboxylic acids is 1. The molecule has 0 aliphatic rings. The number of amides is 1. The molecule has 0 saturated carbocycles. The minimum atomic E-state index is 0.0573. The van der Waals surface area contributed by atoms with E-state index in [-0.39, 0.29) is 11.9 Å². The Kier molecular flexibility index (Phi) is 6.21. The van der Waals surface area contributed by atoms with E-state index in [4.69, 9.17) is 0 Å². The number of carbonyl (C=O) groups is 1. The van der Waals surface area contributed by atoms with Crippen LogP contribution in [0.5, 0.6) is 0 Å². The van der Waals surface area contributed by atoms with Gasteiger partial charge < -0.3 is 10.6 Å². The number of aryl methyl sites for hydroxylation is 2. The van der Waals surface area contributed by atoms with E-state index >= 15 is 0 Å². The van der Waals surface area contributed by atoms with E-state index in [0.29, 0.717) is 13.1 Å². The van der Waals surface area contributed by atoms with Gasteiger partial charge in [0, 0.05) is 12.1 Å². The van der Waals surface area contributed by atoms with E-state index in [1.54, 1.807) is 11.3 Å².